The van der Waals surface area contributed by atoms with E-state index < -0.39 is 41.6 Å². The van der Waals surface area contributed by atoms with Crippen LogP contribution in [-0.4, -0.2) is 53.6 Å². The van der Waals surface area contributed by atoms with Gasteiger partial charge >= 0.3 is 0 Å². The molecule has 0 unspecified atom stereocenters. The molecule has 0 saturated heterocycles. The lowest BCUT2D eigenvalue weighted by Crippen LogP contribution is -2.50. The highest BCUT2D eigenvalue weighted by molar-refractivity contribution is 5.96. The van der Waals surface area contributed by atoms with Gasteiger partial charge in [0.05, 0.1) is 12.7 Å². The molecule has 7 N–H and O–H groups in total. The molecular formula is C37H42N6O7. The van der Waals surface area contributed by atoms with Gasteiger partial charge in [-0.2, -0.15) is 0 Å². The Kier molecular flexibility index (Phi) is 12.2. The molecule has 1 saturated carbocycles. The molecule has 0 radical (unpaired) electrons. The molecule has 3 aromatic rings. The van der Waals surface area contributed by atoms with Crippen molar-refractivity contribution >= 4 is 35.4 Å². The third-order valence-corrected chi connectivity index (χ3v) is 8.95. The smallest absolute Gasteiger partial charge is 0.244 e. The Morgan fingerprint density at radius 2 is 1.48 bits per heavy atom. The van der Waals surface area contributed by atoms with Crippen LogP contribution in [0.4, 0.5) is 0 Å². The van der Waals surface area contributed by atoms with E-state index in [1.807, 2.05) is 0 Å². The Balaban J connectivity index is 1.35. The zero-order valence-electron chi connectivity index (χ0n) is 27.6. The molecular weight excluding hydrogens is 640 g/mol. The van der Waals surface area contributed by atoms with E-state index in [2.05, 4.69) is 26.6 Å². The second-order valence-corrected chi connectivity index (χ2v) is 12.7. The summed E-state index contributed by atoms with van der Waals surface area (Å²) in [5.74, 6) is -2.50. The fraction of sp³-hybridized carbons (Fsp3) is 0.351. The summed E-state index contributed by atoms with van der Waals surface area (Å²) in [5.41, 5.74) is 8.48. The van der Waals surface area contributed by atoms with E-state index in [0.717, 1.165) is 17.2 Å². The highest BCUT2D eigenvalue weighted by Gasteiger charge is 2.30. The molecule has 4 bridgehead atoms. The zero-order chi connectivity index (χ0) is 35.5. The summed E-state index contributed by atoms with van der Waals surface area (Å²) in [7, 11) is 0. The van der Waals surface area contributed by atoms with Crippen molar-refractivity contribution in [2.45, 2.75) is 76.2 Å². The fourth-order valence-corrected chi connectivity index (χ4v) is 6.23. The number of hydrogen-bond donors (Lipinski definition) is 6. The van der Waals surface area contributed by atoms with E-state index in [1.54, 1.807) is 60.7 Å². The van der Waals surface area contributed by atoms with Gasteiger partial charge in [-0.15, -0.1) is 0 Å². The number of amides is 6. The van der Waals surface area contributed by atoms with Crippen LogP contribution < -0.4 is 32.3 Å². The van der Waals surface area contributed by atoms with Gasteiger partial charge in [-0.05, 0) is 60.1 Å². The fourth-order valence-electron chi connectivity index (χ4n) is 6.23. The number of nitrogens with one attached hydrogen (secondary N) is 5. The van der Waals surface area contributed by atoms with E-state index in [4.69, 9.17) is 10.2 Å². The summed E-state index contributed by atoms with van der Waals surface area (Å²) in [5, 5.41) is 14.2. The second-order valence-electron chi connectivity index (χ2n) is 12.7. The van der Waals surface area contributed by atoms with Crippen LogP contribution in [0.3, 0.4) is 0 Å². The number of nitrogens with two attached hydrogens (primary N) is 1. The first kappa shape index (κ1) is 35.6. The van der Waals surface area contributed by atoms with Crippen molar-refractivity contribution in [3.05, 3.63) is 107 Å². The molecule has 2 aromatic carbocycles. The van der Waals surface area contributed by atoms with E-state index in [1.165, 1.54) is 12.3 Å². The minimum Gasteiger partial charge on any atom is -0.469 e. The Hall–Kier alpha value is -5.72. The molecule has 6 amide bonds. The maximum Gasteiger partial charge on any atom is 0.244 e. The largest absolute Gasteiger partial charge is 0.469 e. The minimum absolute atomic E-state index is 0.0675. The average molecular weight is 683 g/mol. The van der Waals surface area contributed by atoms with Gasteiger partial charge in [-0.1, -0.05) is 48.5 Å². The number of primary amides is 1. The van der Waals surface area contributed by atoms with Crippen molar-refractivity contribution in [2.24, 2.45) is 11.7 Å². The predicted octanol–water partition coefficient (Wildman–Crippen LogP) is 1.24. The van der Waals surface area contributed by atoms with Gasteiger partial charge < -0.3 is 36.7 Å². The zero-order valence-corrected chi connectivity index (χ0v) is 27.6. The summed E-state index contributed by atoms with van der Waals surface area (Å²) < 4.78 is 5.47. The van der Waals surface area contributed by atoms with Gasteiger partial charge in [-0.3, -0.25) is 28.8 Å². The van der Waals surface area contributed by atoms with Gasteiger partial charge in [0.1, 0.15) is 17.8 Å². The maximum atomic E-state index is 13.5. The van der Waals surface area contributed by atoms with E-state index >= 15 is 0 Å². The monoisotopic (exact) mass is 682 g/mol. The van der Waals surface area contributed by atoms with Gasteiger partial charge in [0.2, 0.25) is 35.4 Å². The van der Waals surface area contributed by atoms with Crippen LogP contribution in [0.1, 0.15) is 53.7 Å². The third kappa shape index (κ3) is 10.4. The summed E-state index contributed by atoms with van der Waals surface area (Å²) in [4.78, 5) is 77.4. The Morgan fingerprint density at radius 1 is 0.740 bits per heavy atom. The number of carbonyl (C=O) groups is 6. The topological polar surface area (TPSA) is 202 Å². The number of fused-ring (bicyclic) bond motifs is 16. The first-order valence-corrected chi connectivity index (χ1v) is 16.7. The lowest BCUT2D eigenvalue weighted by Gasteiger charge is -2.29. The summed E-state index contributed by atoms with van der Waals surface area (Å²) in [6, 6.07) is 15.7. The van der Waals surface area contributed by atoms with Crippen LogP contribution in [0.25, 0.3) is 0 Å². The lowest BCUT2D eigenvalue weighted by molar-refractivity contribution is -0.132. The van der Waals surface area contributed by atoms with Crippen LogP contribution in [-0.2, 0) is 61.1 Å². The molecule has 1 fully saturated rings. The molecule has 13 heteroatoms. The number of carbonyl (C=O) groups excluding carboxylic acids is 6. The highest BCUT2D eigenvalue weighted by Crippen LogP contribution is 2.25. The van der Waals surface area contributed by atoms with E-state index in [-0.39, 0.29) is 50.2 Å². The lowest BCUT2D eigenvalue weighted by atomic mass is 9.85. The van der Waals surface area contributed by atoms with Crippen molar-refractivity contribution in [2.75, 3.05) is 0 Å². The molecule has 6 rings (SSSR count). The molecule has 1 aromatic heterocycles. The van der Waals surface area contributed by atoms with E-state index in [0.29, 0.717) is 42.6 Å². The number of benzene rings is 2. The van der Waals surface area contributed by atoms with Crippen molar-refractivity contribution in [1.82, 2.24) is 26.6 Å². The van der Waals surface area contributed by atoms with Gasteiger partial charge in [0.25, 0.3) is 0 Å². The maximum absolute atomic E-state index is 13.5. The van der Waals surface area contributed by atoms with Crippen LogP contribution in [0, 0.1) is 5.92 Å². The number of rotatable bonds is 3. The summed E-state index contributed by atoms with van der Waals surface area (Å²) in [6.45, 7) is 0.267. The van der Waals surface area contributed by atoms with Gasteiger partial charge in [-0.25, -0.2) is 0 Å². The molecule has 2 atom stereocenters. The number of furan rings is 1. The Labute approximate surface area is 289 Å². The first-order valence-electron chi connectivity index (χ1n) is 16.7. The van der Waals surface area contributed by atoms with Crippen molar-refractivity contribution in [3.63, 3.8) is 0 Å². The van der Waals surface area contributed by atoms with Crippen LogP contribution in [0.5, 0.6) is 0 Å². The molecule has 3 aliphatic rings. The molecule has 3 heterocycles. The van der Waals surface area contributed by atoms with Crippen molar-refractivity contribution in [1.29, 1.82) is 0 Å². The van der Waals surface area contributed by atoms with Crippen LogP contribution in [0.15, 0.2) is 83.5 Å². The minimum atomic E-state index is -0.996. The van der Waals surface area contributed by atoms with Gasteiger partial charge in [0.15, 0.2) is 0 Å². The Morgan fingerprint density at radius 3 is 2.22 bits per heavy atom. The molecule has 0 spiro atoms. The SMILES string of the molecule is NC(=O)[C@@H]1Cc2cccc(c2)CNC(=O)/C=C/C(=O)NC2CCC(CC2)C(=O)N[C@@H](Cc2ccco2)C(=O)NCc2ccccc2CC(=O)N1. The Bertz CT molecular complexity index is 1730. The normalized spacial score (nSPS) is 23.6. The van der Waals surface area contributed by atoms with Gasteiger partial charge in [0, 0.05) is 50.0 Å². The van der Waals surface area contributed by atoms with E-state index in [9.17, 15) is 28.8 Å². The molecule has 13 nitrogen and oxygen atoms in total. The highest BCUT2D eigenvalue weighted by atomic mass is 16.3. The summed E-state index contributed by atoms with van der Waals surface area (Å²) in [6.07, 6.45) is 6.19. The standard InChI is InChI=1S/C37H42N6O7/c38-35(47)30-18-23-5-3-6-24(17-23)21-39-32(44)14-15-33(45)41-28-12-10-25(11-13-28)36(48)43-31(20-29-9-4-16-50-29)37(49)40-22-27-8-2-1-7-26(27)19-34(46)42-30/h1-9,14-17,25,28,30-31H,10-13,18-22H2,(H2,38,47)(H,39,44)(H,40,49)(H,41,45)(H,42,46)(H,43,48)/b15-14+/t25?,28?,30-,31-/m0/s1. The predicted molar refractivity (Wildman–Crippen MR) is 182 cm³/mol. The number of hydrogen-bond acceptors (Lipinski definition) is 7. The second kappa shape index (κ2) is 17.1. The molecule has 1 aliphatic carbocycles. The average Bonchev–Trinajstić information content (AvgIpc) is 3.62. The quantitative estimate of drug-likeness (QED) is 0.239. The van der Waals surface area contributed by atoms with Crippen LogP contribution in [0.2, 0.25) is 0 Å². The third-order valence-electron chi connectivity index (χ3n) is 8.95. The molecule has 50 heavy (non-hydrogen) atoms. The molecule has 2 aliphatic heterocycles. The first-order chi connectivity index (χ1) is 24.1. The van der Waals surface area contributed by atoms with Crippen molar-refractivity contribution < 1.29 is 33.2 Å². The summed E-state index contributed by atoms with van der Waals surface area (Å²) >= 11 is 0. The van der Waals surface area contributed by atoms with Crippen molar-refractivity contribution in [3.8, 4) is 0 Å². The molecule has 262 valence electrons. The van der Waals surface area contributed by atoms with Crippen LogP contribution >= 0.6 is 0 Å².